The number of benzene rings is 2. The molecule has 0 aliphatic carbocycles. The van der Waals surface area contributed by atoms with Crippen LogP contribution in [0.5, 0.6) is 0 Å². The number of aromatic nitrogens is 2. The molecule has 176 valence electrons. The number of amides is 1. The first kappa shape index (κ1) is 22.2. The Labute approximate surface area is 200 Å². The summed E-state index contributed by atoms with van der Waals surface area (Å²) in [4.78, 5) is 27.8. The molecule has 0 spiro atoms. The molecule has 1 fully saturated rings. The van der Waals surface area contributed by atoms with E-state index in [-0.39, 0.29) is 5.91 Å². The molecule has 2 aromatic carbocycles. The molecule has 1 aromatic heterocycles. The first-order valence-corrected chi connectivity index (χ1v) is 11.9. The molecule has 3 heterocycles. The lowest BCUT2D eigenvalue weighted by Gasteiger charge is -2.35. The smallest absolute Gasteiger partial charge is 0.229 e. The number of anilines is 6. The Morgan fingerprint density at radius 3 is 2.50 bits per heavy atom. The van der Waals surface area contributed by atoms with E-state index in [1.165, 1.54) is 11.3 Å². The van der Waals surface area contributed by atoms with Crippen molar-refractivity contribution in [3.8, 4) is 0 Å². The third-order valence-corrected chi connectivity index (χ3v) is 6.60. The van der Waals surface area contributed by atoms with Crippen LogP contribution in [0.3, 0.4) is 0 Å². The van der Waals surface area contributed by atoms with E-state index >= 15 is 0 Å². The van der Waals surface area contributed by atoms with Gasteiger partial charge in [-0.2, -0.15) is 4.98 Å². The SMILES string of the molecule is CCN1CCN(c2ccc(Nc3nccc(Nc4cccc5c4N(C(C)=O)CC5)n3)cc2)CC1. The van der Waals surface area contributed by atoms with Crippen molar-refractivity contribution < 1.29 is 4.79 Å². The van der Waals surface area contributed by atoms with Gasteiger partial charge in [-0.05, 0) is 54.9 Å². The van der Waals surface area contributed by atoms with Gasteiger partial charge in [-0.1, -0.05) is 19.1 Å². The molecule has 0 bridgehead atoms. The van der Waals surface area contributed by atoms with Crippen molar-refractivity contribution in [2.24, 2.45) is 0 Å². The number of piperazine rings is 1. The molecular formula is C26H31N7O. The lowest BCUT2D eigenvalue weighted by atomic mass is 10.1. The molecule has 1 saturated heterocycles. The highest BCUT2D eigenvalue weighted by molar-refractivity contribution is 5.98. The van der Waals surface area contributed by atoms with E-state index in [1.54, 1.807) is 13.1 Å². The van der Waals surface area contributed by atoms with Crippen LogP contribution in [0.1, 0.15) is 19.4 Å². The predicted molar refractivity (Wildman–Crippen MR) is 138 cm³/mol. The number of nitrogens with zero attached hydrogens (tertiary/aromatic N) is 5. The number of hydrogen-bond acceptors (Lipinski definition) is 7. The number of carbonyl (C=O) groups is 1. The fraction of sp³-hybridized carbons (Fsp3) is 0.346. The predicted octanol–water partition coefficient (Wildman–Crippen LogP) is 4.01. The van der Waals surface area contributed by atoms with E-state index in [9.17, 15) is 4.79 Å². The number of carbonyl (C=O) groups excluding carboxylic acids is 1. The van der Waals surface area contributed by atoms with E-state index in [0.29, 0.717) is 18.3 Å². The van der Waals surface area contributed by atoms with E-state index in [1.807, 2.05) is 23.1 Å². The fourth-order valence-corrected chi connectivity index (χ4v) is 4.71. The van der Waals surface area contributed by atoms with E-state index in [0.717, 1.165) is 56.2 Å². The summed E-state index contributed by atoms with van der Waals surface area (Å²) in [5.74, 6) is 1.24. The monoisotopic (exact) mass is 457 g/mol. The number of hydrogen-bond donors (Lipinski definition) is 2. The highest BCUT2D eigenvalue weighted by Gasteiger charge is 2.25. The van der Waals surface area contributed by atoms with Gasteiger partial charge in [0.2, 0.25) is 11.9 Å². The van der Waals surface area contributed by atoms with Crippen molar-refractivity contribution in [3.63, 3.8) is 0 Å². The van der Waals surface area contributed by atoms with Gasteiger partial charge in [0, 0.05) is 57.2 Å². The van der Waals surface area contributed by atoms with Gasteiger partial charge in [0.15, 0.2) is 0 Å². The Bertz CT molecular complexity index is 1160. The molecule has 1 amide bonds. The van der Waals surface area contributed by atoms with E-state index in [4.69, 9.17) is 0 Å². The number of fused-ring (bicyclic) bond motifs is 1. The minimum Gasteiger partial charge on any atom is -0.369 e. The van der Waals surface area contributed by atoms with Gasteiger partial charge in [-0.25, -0.2) is 4.98 Å². The van der Waals surface area contributed by atoms with Gasteiger partial charge in [0.25, 0.3) is 0 Å². The van der Waals surface area contributed by atoms with Crippen LogP contribution in [0.4, 0.5) is 34.5 Å². The molecule has 2 aliphatic rings. The average Bonchev–Trinajstić information content (AvgIpc) is 3.31. The standard InChI is InChI=1S/C26H31N7O/c1-3-31-15-17-32(18-16-31)22-9-7-21(8-10-22)28-26-27-13-11-24(30-26)29-23-6-4-5-20-12-14-33(19(2)34)25(20)23/h4-11,13H,3,12,14-18H2,1-2H3,(H2,27,28,29,30). The molecule has 0 unspecified atom stereocenters. The lowest BCUT2D eigenvalue weighted by molar-refractivity contribution is -0.116. The van der Waals surface area contributed by atoms with Gasteiger partial charge in [-0.3, -0.25) is 4.79 Å². The van der Waals surface area contributed by atoms with Crippen molar-refractivity contribution in [3.05, 3.63) is 60.3 Å². The Morgan fingerprint density at radius 2 is 1.76 bits per heavy atom. The molecule has 0 saturated carbocycles. The van der Waals surface area contributed by atoms with Crippen molar-refractivity contribution in [1.29, 1.82) is 0 Å². The van der Waals surface area contributed by atoms with Gasteiger partial charge in [0.1, 0.15) is 5.82 Å². The molecule has 2 aliphatic heterocycles. The molecule has 5 rings (SSSR count). The lowest BCUT2D eigenvalue weighted by Crippen LogP contribution is -2.46. The normalized spacial score (nSPS) is 15.8. The van der Waals surface area contributed by atoms with Crippen LogP contribution in [0.15, 0.2) is 54.7 Å². The van der Waals surface area contributed by atoms with Gasteiger partial charge < -0.3 is 25.3 Å². The van der Waals surface area contributed by atoms with Crippen LogP contribution < -0.4 is 20.4 Å². The Balaban J connectivity index is 1.27. The number of para-hydroxylation sites is 1. The summed E-state index contributed by atoms with van der Waals surface area (Å²) in [6.45, 7) is 9.99. The highest BCUT2D eigenvalue weighted by Crippen LogP contribution is 2.37. The second kappa shape index (κ2) is 9.69. The van der Waals surface area contributed by atoms with Gasteiger partial charge >= 0.3 is 0 Å². The van der Waals surface area contributed by atoms with E-state index in [2.05, 4.69) is 67.7 Å². The second-order valence-electron chi connectivity index (χ2n) is 8.72. The highest BCUT2D eigenvalue weighted by atomic mass is 16.2. The fourth-order valence-electron chi connectivity index (χ4n) is 4.71. The number of nitrogens with one attached hydrogen (secondary N) is 2. The maximum Gasteiger partial charge on any atom is 0.229 e. The Kier molecular flexibility index (Phi) is 6.31. The third-order valence-electron chi connectivity index (χ3n) is 6.60. The molecule has 8 heteroatoms. The average molecular weight is 458 g/mol. The molecule has 0 atom stereocenters. The number of likely N-dealkylation sites (N-methyl/N-ethyl adjacent to an activating group) is 1. The summed E-state index contributed by atoms with van der Waals surface area (Å²) in [5.41, 5.74) is 5.17. The largest absolute Gasteiger partial charge is 0.369 e. The first-order valence-electron chi connectivity index (χ1n) is 11.9. The zero-order valence-corrected chi connectivity index (χ0v) is 19.8. The quantitative estimate of drug-likeness (QED) is 0.579. The summed E-state index contributed by atoms with van der Waals surface area (Å²) >= 11 is 0. The zero-order chi connectivity index (χ0) is 23.5. The summed E-state index contributed by atoms with van der Waals surface area (Å²) in [5, 5.41) is 6.68. The molecule has 2 N–H and O–H groups in total. The van der Waals surface area contributed by atoms with Crippen molar-refractivity contribution in [2.75, 3.05) is 59.7 Å². The summed E-state index contributed by atoms with van der Waals surface area (Å²) in [6, 6.07) is 16.3. The van der Waals surface area contributed by atoms with Crippen molar-refractivity contribution in [2.45, 2.75) is 20.3 Å². The first-order chi connectivity index (χ1) is 16.6. The van der Waals surface area contributed by atoms with Crippen molar-refractivity contribution >= 4 is 40.4 Å². The Morgan fingerprint density at radius 1 is 0.971 bits per heavy atom. The van der Waals surface area contributed by atoms with Crippen LogP contribution in [-0.4, -0.2) is 60.0 Å². The summed E-state index contributed by atoms with van der Waals surface area (Å²) < 4.78 is 0. The van der Waals surface area contributed by atoms with Crippen LogP contribution in [0, 0.1) is 0 Å². The number of rotatable bonds is 6. The second-order valence-corrected chi connectivity index (χ2v) is 8.72. The molecule has 0 radical (unpaired) electrons. The maximum absolute atomic E-state index is 12.1. The van der Waals surface area contributed by atoms with Crippen LogP contribution in [0.25, 0.3) is 0 Å². The van der Waals surface area contributed by atoms with Crippen LogP contribution >= 0.6 is 0 Å². The third kappa shape index (κ3) is 4.68. The molecule has 8 nitrogen and oxygen atoms in total. The minimum atomic E-state index is 0.0498. The summed E-state index contributed by atoms with van der Waals surface area (Å²) in [7, 11) is 0. The maximum atomic E-state index is 12.1. The van der Waals surface area contributed by atoms with Gasteiger partial charge in [0.05, 0.1) is 11.4 Å². The minimum absolute atomic E-state index is 0.0498. The molecular weight excluding hydrogens is 426 g/mol. The molecule has 3 aromatic rings. The zero-order valence-electron chi connectivity index (χ0n) is 19.8. The van der Waals surface area contributed by atoms with Crippen molar-refractivity contribution in [1.82, 2.24) is 14.9 Å². The Hall–Kier alpha value is -3.65. The van der Waals surface area contributed by atoms with Crippen LogP contribution in [0.2, 0.25) is 0 Å². The topological polar surface area (TPSA) is 76.6 Å². The van der Waals surface area contributed by atoms with E-state index < -0.39 is 0 Å². The van der Waals surface area contributed by atoms with Crippen LogP contribution in [-0.2, 0) is 11.2 Å². The summed E-state index contributed by atoms with van der Waals surface area (Å²) in [6.07, 6.45) is 2.59. The molecule has 34 heavy (non-hydrogen) atoms. The van der Waals surface area contributed by atoms with Gasteiger partial charge in [-0.15, -0.1) is 0 Å².